The Morgan fingerprint density at radius 1 is 1.05 bits per heavy atom. The minimum absolute atomic E-state index is 0.0154. The monoisotopic (exact) mass is 562 g/mol. The number of likely N-dealkylation sites (tertiary alicyclic amines) is 1. The highest BCUT2D eigenvalue weighted by atomic mass is 19.4. The molecule has 4 rings (SSSR count). The van der Waals surface area contributed by atoms with E-state index in [9.17, 15) is 35.1 Å². The number of nitrogens with one attached hydrogen (secondary N) is 1. The molecule has 2 heterocycles. The fourth-order valence-electron chi connectivity index (χ4n) is 4.46. The predicted molar refractivity (Wildman–Crippen MR) is 120 cm³/mol. The summed E-state index contributed by atoms with van der Waals surface area (Å²) in [5, 5.41) is 8.84. The summed E-state index contributed by atoms with van der Waals surface area (Å²) in [5.41, 5.74) is -7.08. The van der Waals surface area contributed by atoms with Crippen molar-refractivity contribution >= 4 is 11.5 Å². The molecule has 0 radical (unpaired) electrons. The van der Waals surface area contributed by atoms with Crippen LogP contribution in [0.5, 0.6) is 0 Å². The number of alkyl halides is 7. The Kier molecular flexibility index (Phi) is 6.87. The first-order chi connectivity index (χ1) is 18.0. The van der Waals surface area contributed by atoms with Gasteiger partial charge in [0.25, 0.3) is 0 Å². The number of nitriles is 1. The zero-order valence-electron chi connectivity index (χ0n) is 20.2. The predicted octanol–water partition coefficient (Wildman–Crippen LogP) is 6.33. The van der Waals surface area contributed by atoms with Crippen molar-refractivity contribution in [2.45, 2.75) is 37.5 Å². The molecule has 0 saturated carbocycles. The van der Waals surface area contributed by atoms with E-state index < -0.39 is 46.4 Å². The fraction of sp³-hybridized carbons (Fsp3) is 0.360. The summed E-state index contributed by atoms with van der Waals surface area (Å²) in [6, 6.07) is 5.00. The molecule has 1 atom stereocenters. The molecule has 39 heavy (non-hydrogen) atoms. The number of halogens is 9. The van der Waals surface area contributed by atoms with Crippen LogP contribution in [-0.4, -0.2) is 30.0 Å². The molecule has 0 bridgehead atoms. The number of hydroxylamine groups is 1. The highest BCUT2D eigenvalue weighted by Gasteiger charge is 2.60. The first-order valence-corrected chi connectivity index (χ1v) is 11.3. The van der Waals surface area contributed by atoms with Gasteiger partial charge >= 0.3 is 12.4 Å². The lowest BCUT2D eigenvalue weighted by molar-refractivity contribution is -0.269. The van der Waals surface area contributed by atoms with Gasteiger partial charge in [0.1, 0.15) is 5.84 Å². The lowest BCUT2D eigenvalue weighted by Crippen LogP contribution is -2.59. The van der Waals surface area contributed by atoms with E-state index in [1.165, 1.54) is 24.3 Å². The van der Waals surface area contributed by atoms with Gasteiger partial charge in [-0.3, -0.25) is 10.3 Å². The molecule has 2 aromatic carbocycles. The van der Waals surface area contributed by atoms with Gasteiger partial charge in [0.15, 0.2) is 17.3 Å². The van der Waals surface area contributed by atoms with E-state index in [4.69, 9.17) is 10.1 Å². The molecule has 5 nitrogen and oxygen atoms in total. The summed E-state index contributed by atoms with van der Waals surface area (Å²) in [6.07, 6.45) is -8.80. The lowest BCUT2D eigenvalue weighted by Gasteiger charge is -2.47. The van der Waals surface area contributed by atoms with Gasteiger partial charge in [-0.25, -0.2) is 13.2 Å². The number of rotatable bonds is 4. The molecule has 2 aromatic rings. The van der Waals surface area contributed by atoms with Gasteiger partial charge in [-0.1, -0.05) is 38.1 Å². The Morgan fingerprint density at radius 2 is 1.67 bits per heavy atom. The van der Waals surface area contributed by atoms with Gasteiger partial charge in [0.05, 0.1) is 24.4 Å². The van der Waals surface area contributed by atoms with Gasteiger partial charge in [-0.05, 0) is 29.3 Å². The Balaban J connectivity index is 1.65. The third-order valence-corrected chi connectivity index (χ3v) is 6.45. The first-order valence-electron chi connectivity index (χ1n) is 11.3. The summed E-state index contributed by atoms with van der Waals surface area (Å²) >= 11 is 0. The van der Waals surface area contributed by atoms with Crippen LogP contribution >= 0.6 is 0 Å². The molecule has 2 aliphatic heterocycles. The Labute approximate surface area is 216 Å². The van der Waals surface area contributed by atoms with Gasteiger partial charge in [0.2, 0.25) is 11.8 Å². The van der Waals surface area contributed by atoms with Crippen LogP contribution in [0.25, 0.3) is 5.70 Å². The molecule has 0 amide bonds. The summed E-state index contributed by atoms with van der Waals surface area (Å²) < 4.78 is 125. The van der Waals surface area contributed by atoms with Gasteiger partial charge in [-0.15, -0.1) is 0 Å². The summed E-state index contributed by atoms with van der Waals surface area (Å²) in [6.45, 7) is 3.37. The van der Waals surface area contributed by atoms with E-state index in [2.05, 4.69) is 4.99 Å². The average Bonchev–Trinajstić information content (AvgIpc) is 3.28. The molecule has 14 heteroatoms. The molecule has 0 aliphatic carbocycles. The van der Waals surface area contributed by atoms with Crippen LogP contribution in [0.2, 0.25) is 0 Å². The Hall–Kier alpha value is -3.73. The minimum atomic E-state index is -5.47. The molecular formula is C25H19F9N4O. The van der Waals surface area contributed by atoms with E-state index in [0.29, 0.717) is 11.9 Å². The topological polar surface area (TPSA) is 60.7 Å². The number of benzene rings is 2. The Bertz CT molecular complexity index is 1370. The fourth-order valence-corrected chi connectivity index (χ4v) is 4.46. The molecule has 1 unspecified atom stereocenters. The summed E-state index contributed by atoms with van der Waals surface area (Å²) in [5.74, 6) is -4.20. The van der Waals surface area contributed by atoms with Crippen LogP contribution in [0.15, 0.2) is 47.5 Å². The molecule has 0 spiro atoms. The lowest BCUT2D eigenvalue weighted by atomic mass is 9.86. The van der Waals surface area contributed by atoms with Crippen molar-refractivity contribution in [1.29, 1.82) is 5.26 Å². The largest absolute Gasteiger partial charge is 0.428 e. The molecule has 0 aromatic heterocycles. The smallest absolute Gasteiger partial charge is 0.352 e. The third-order valence-electron chi connectivity index (χ3n) is 6.45. The SMILES string of the molecule is CC(C)C(=NC#N)N1CC(F)(c2ccc(C3=CC(c4cc(F)c(F)c(C(F)(F)F)c4)(C(F)(F)F)ON3)cc2)C1. The third kappa shape index (κ3) is 4.91. The second-order valence-electron chi connectivity index (χ2n) is 9.44. The standard InChI is InChI=1S/C25H19F9N4O/c1-13(2)21(36-12-35)38-10-22(28,11-38)15-5-3-14(4-6-15)19-9-23(39-37-19,25(32,33)34)16-7-17(24(29,30)31)20(27)18(26)8-16/h3-9,13,37H,10-11H2,1-2H3. The number of hydrogen-bond donors (Lipinski definition) is 1. The molecule has 208 valence electrons. The van der Waals surface area contributed by atoms with E-state index in [1.807, 2.05) is 5.48 Å². The molecular weight excluding hydrogens is 543 g/mol. The van der Waals surface area contributed by atoms with Crippen LogP contribution < -0.4 is 5.48 Å². The molecule has 1 saturated heterocycles. The number of nitrogens with zero attached hydrogens (tertiary/aromatic N) is 3. The maximum Gasteiger partial charge on any atom is 0.428 e. The van der Waals surface area contributed by atoms with Crippen molar-refractivity contribution in [3.63, 3.8) is 0 Å². The van der Waals surface area contributed by atoms with E-state index in [0.717, 1.165) is 0 Å². The summed E-state index contributed by atoms with van der Waals surface area (Å²) in [7, 11) is 0. The van der Waals surface area contributed by atoms with Crippen molar-refractivity contribution < 1.29 is 44.4 Å². The second kappa shape index (κ2) is 9.48. The Morgan fingerprint density at radius 3 is 2.18 bits per heavy atom. The number of aliphatic imine (C=N–C) groups is 1. The molecule has 1 fully saturated rings. The van der Waals surface area contributed by atoms with E-state index >= 15 is 4.39 Å². The normalized spacial score (nSPS) is 21.4. The van der Waals surface area contributed by atoms with Crippen molar-refractivity contribution in [1.82, 2.24) is 10.4 Å². The van der Waals surface area contributed by atoms with Crippen molar-refractivity contribution in [2.75, 3.05) is 13.1 Å². The maximum atomic E-state index is 15.4. The average molecular weight is 562 g/mol. The number of hydrogen-bond acceptors (Lipinski definition) is 4. The van der Waals surface area contributed by atoms with E-state index in [1.54, 1.807) is 24.9 Å². The second-order valence-corrected chi connectivity index (χ2v) is 9.44. The summed E-state index contributed by atoms with van der Waals surface area (Å²) in [4.78, 5) is 9.99. The van der Waals surface area contributed by atoms with Crippen LogP contribution in [0.1, 0.15) is 36.1 Å². The van der Waals surface area contributed by atoms with Crippen molar-refractivity contribution in [3.05, 3.63) is 76.4 Å². The highest BCUT2D eigenvalue weighted by Crippen LogP contribution is 2.49. The molecule has 1 N–H and O–H groups in total. The maximum absolute atomic E-state index is 15.4. The van der Waals surface area contributed by atoms with E-state index in [-0.39, 0.29) is 48.0 Å². The zero-order valence-corrected chi connectivity index (χ0v) is 20.2. The van der Waals surface area contributed by atoms with Gasteiger partial charge in [0, 0.05) is 11.5 Å². The van der Waals surface area contributed by atoms with Crippen molar-refractivity contribution in [2.24, 2.45) is 10.9 Å². The highest BCUT2D eigenvalue weighted by molar-refractivity contribution is 5.86. The quantitative estimate of drug-likeness (QED) is 0.205. The number of amidine groups is 1. The molecule has 2 aliphatic rings. The van der Waals surface area contributed by atoms with Crippen LogP contribution in [0.3, 0.4) is 0 Å². The first kappa shape index (κ1) is 28.3. The van der Waals surface area contributed by atoms with Crippen LogP contribution in [0, 0.1) is 29.0 Å². The minimum Gasteiger partial charge on any atom is -0.352 e. The van der Waals surface area contributed by atoms with Gasteiger partial charge < -0.3 is 4.90 Å². The van der Waals surface area contributed by atoms with Gasteiger partial charge in [-0.2, -0.15) is 36.6 Å². The van der Waals surface area contributed by atoms with Crippen LogP contribution in [0.4, 0.5) is 39.5 Å². The van der Waals surface area contributed by atoms with Crippen LogP contribution in [-0.2, 0) is 22.3 Å². The zero-order chi connectivity index (χ0) is 29.0. The van der Waals surface area contributed by atoms with Crippen molar-refractivity contribution in [3.8, 4) is 6.19 Å².